The predicted octanol–water partition coefficient (Wildman–Crippen LogP) is 7.22. The second kappa shape index (κ2) is 7.55. The van der Waals surface area contributed by atoms with E-state index in [2.05, 4.69) is 73.3 Å². The third kappa shape index (κ3) is 3.73. The molecular formula is C21H15Br2ClN2. The zero-order valence-corrected chi connectivity index (χ0v) is 17.7. The van der Waals surface area contributed by atoms with E-state index in [0.29, 0.717) is 0 Å². The van der Waals surface area contributed by atoms with E-state index >= 15 is 0 Å². The molecule has 0 bridgehead atoms. The molecule has 2 nitrogen and oxygen atoms in total. The van der Waals surface area contributed by atoms with Crippen LogP contribution in [-0.2, 0) is 0 Å². The smallest absolute Gasteiger partial charge is 0.0831 e. The molecular weight excluding hydrogens is 476 g/mol. The van der Waals surface area contributed by atoms with Gasteiger partial charge in [0.15, 0.2) is 0 Å². The number of anilines is 1. The average molecular weight is 491 g/mol. The first-order chi connectivity index (χ1) is 12.6. The number of hydrogen-bond donors (Lipinski definition) is 0. The van der Waals surface area contributed by atoms with Crippen molar-refractivity contribution in [3.63, 3.8) is 0 Å². The SMILES string of the molecule is Clc1ccc(C2=NN(c3cccc(Br)c3)C(c3ccc(Br)cc3)C2)cc1. The van der Waals surface area contributed by atoms with Gasteiger partial charge in [0.25, 0.3) is 0 Å². The van der Waals surface area contributed by atoms with Gasteiger partial charge in [-0.25, -0.2) is 0 Å². The molecule has 1 unspecified atom stereocenters. The summed E-state index contributed by atoms with van der Waals surface area (Å²) < 4.78 is 2.12. The van der Waals surface area contributed by atoms with Crippen molar-refractivity contribution in [2.24, 2.45) is 5.10 Å². The fourth-order valence-electron chi connectivity index (χ4n) is 3.13. The molecule has 0 amide bonds. The maximum Gasteiger partial charge on any atom is 0.0831 e. The van der Waals surface area contributed by atoms with Gasteiger partial charge < -0.3 is 0 Å². The highest BCUT2D eigenvalue weighted by Gasteiger charge is 2.30. The number of hydrogen-bond acceptors (Lipinski definition) is 2. The van der Waals surface area contributed by atoms with Crippen molar-refractivity contribution in [1.29, 1.82) is 0 Å². The Morgan fingerprint density at radius 3 is 2.31 bits per heavy atom. The molecule has 5 heteroatoms. The minimum Gasteiger partial charge on any atom is -0.257 e. The molecule has 1 heterocycles. The molecule has 0 saturated carbocycles. The topological polar surface area (TPSA) is 15.6 Å². The van der Waals surface area contributed by atoms with E-state index in [1.54, 1.807) is 0 Å². The highest BCUT2D eigenvalue weighted by atomic mass is 79.9. The van der Waals surface area contributed by atoms with Crippen molar-refractivity contribution >= 4 is 54.9 Å². The van der Waals surface area contributed by atoms with E-state index in [0.717, 1.165) is 37.4 Å². The number of rotatable bonds is 3. The highest BCUT2D eigenvalue weighted by Crippen LogP contribution is 2.37. The summed E-state index contributed by atoms with van der Waals surface area (Å²) in [7, 11) is 0. The molecule has 0 saturated heterocycles. The lowest BCUT2D eigenvalue weighted by Crippen LogP contribution is -2.18. The molecule has 0 spiro atoms. The van der Waals surface area contributed by atoms with Crippen LogP contribution in [0.5, 0.6) is 0 Å². The van der Waals surface area contributed by atoms with E-state index in [-0.39, 0.29) is 6.04 Å². The Morgan fingerprint density at radius 2 is 1.62 bits per heavy atom. The van der Waals surface area contributed by atoms with Gasteiger partial charge in [-0.2, -0.15) is 5.10 Å². The summed E-state index contributed by atoms with van der Waals surface area (Å²) in [5.74, 6) is 0. The van der Waals surface area contributed by atoms with Gasteiger partial charge >= 0.3 is 0 Å². The van der Waals surface area contributed by atoms with Crippen LogP contribution in [0.4, 0.5) is 5.69 Å². The fraction of sp³-hybridized carbons (Fsp3) is 0.0952. The van der Waals surface area contributed by atoms with Gasteiger partial charge in [-0.1, -0.05) is 73.8 Å². The highest BCUT2D eigenvalue weighted by molar-refractivity contribution is 9.10. The Balaban J connectivity index is 1.75. The van der Waals surface area contributed by atoms with Gasteiger partial charge in [0, 0.05) is 20.4 Å². The summed E-state index contributed by atoms with van der Waals surface area (Å²) in [5, 5.41) is 7.80. The predicted molar refractivity (Wildman–Crippen MR) is 116 cm³/mol. The zero-order chi connectivity index (χ0) is 18.1. The van der Waals surface area contributed by atoms with Gasteiger partial charge in [-0.15, -0.1) is 0 Å². The van der Waals surface area contributed by atoms with E-state index < -0.39 is 0 Å². The molecule has 1 aliphatic rings. The van der Waals surface area contributed by atoms with Gasteiger partial charge in [0.1, 0.15) is 0 Å². The molecule has 0 fully saturated rings. The van der Waals surface area contributed by atoms with Gasteiger partial charge in [-0.05, 0) is 53.6 Å². The van der Waals surface area contributed by atoms with Gasteiger partial charge in [0.05, 0.1) is 17.4 Å². The quantitative estimate of drug-likeness (QED) is 0.378. The first kappa shape index (κ1) is 17.8. The molecule has 0 aromatic heterocycles. The summed E-state index contributed by atoms with van der Waals surface area (Å²) >= 11 is 13.1. The summed E-state index contributed by atoms with van der Waals surface area (Å²) in [6, 6.07) is 24.8. The van der Waals surface area contributed by atoms with E-state index in [4.69, 9.17) is 16.7 Å². The minimum absolute atomic E-state index is 0.156. The third-order valence-corrected chi connectivity index (χ3v) is 5.69. The Morgan fingerprint density at radius 1 is 0.885 bits per heavy atom. The normalized spacial score (nSPS) is 16.7. The number of halogens is 3. The van der Waals surface area contributed by atoms with Crippen LogP contribution in [-0.4, -0.2) is 5.71 Å². The molecule has 0 N–H and O–H groups in total. The lowest BCUT2D eigenvalue weighted by Gasteiger charge is -2.24. The average Bonchev–Trinajstić information content (AvgIpc) is 3.08. The van der Waals surface area contributed by atoms with E-state index in [9.17, 15) is 0 Å². The molecule has 1 aliphatic heterocycles. The summed E-state index contributed by atoms with van der Waals surface area (Å²) in [5.41, 5.74) is 4.47. The molecule has 3 aromatic carbocycles. The van der Waals surface area contributed by atoms with Gasteiger partial charge in [-0.3, -0.25) is 5.01 Å². The Labute approximate surface area is 174 Å². The third-order valence-electron chi connectivity index (χ3n) is 4.42. The number of benzene rings is 3. The largest absolute Gasteiger partial charge is 0.257 e. The lowest BCUT2D eigenvalue weighted by atomic mass is 9.98. The van der Waals surface area contributed by atoms with Crippen molar-refractivity contribution in [3.8, 4) is 0 Å². The monoisotopic (exact) mass is 488 g/mol. The second-order valence-corrected chi connectivity index (χ2v) is 8.42. The van der Waals surface area contributed by atoms with Crippen LogP contribution in [0, 0.1) is 0 Å². The van der Waals surface area contributed by atoms with Crippen LogP contribution >= 0.6 is 43.5 Å². The summed E-state index contributed by atoms with van der Waals surface area (Å²) in [4.78, 5) is 0. The fourth-order valence-corrected chi connectivity index (χ4v) is 3.91. The molecule has 1 atom stereocenters. The van der Waals surface area contributed by atoms with Crippen LogP contribution in [0.1, 0.15) is 23.6 Å². The Bertz CT molecular complexity index is 953. The van der Waals surface area contributed by atoms with E-state index in [1.165, 1.54) is 5.56 Å². The summed E-state index contributed by atoms with van der Waals surface area (Å²) in [6.07, 6.45) is 0.843. The molecule has 26 heavy (non-hydrogen) atoms. The van der Waals surface area contributed by atoms with E-state index in [1.807, 2.05) is 36.4 Å². The maximum absolute atomic E-state index is 6.04. The summed E-state index contributed by atoms with van der Waals surface area (Å²) in [6.45, 7) is 0. The van der Waals surface area contributed by atoms with Crippen LogP contribution in [0.2, 0.25) is 5.02 Å². The van der Waals surface area contributed by atoms with Gasteiger partial charge in [0.2, 0.25) is 0 Å². The molecule has 4 rings (SSSR count). The maximum atomic E-state index is 6.04. The van der Waals surface area contributed by atoms with Crippen LogP contribution in [0.3, 0.4) is 0 Å². The number of nitrogens with zero attached hydrogens (tertiary/aromatic N) is 2. The number of hydrazone groups is 1. The van der Waals surface area contributed by atoms with Crippen molar-refractivity contribution in [2.75, 3.05) is 5.01 Å². The van der Waals surface area contributed by atoms with Crippen molar-refractivity contribution in [1.82, 2.24) is 0 Å². The van der Waals surface area contributed by atoms with Crippen molar-refractivity contribution < 1.29 is 0 Å². The molecule has 3 aromatic rings. The first-order valence-corrected chi connectivity index (χ1v) is 10.2. The van der Waals surface area contributed by atoms with Crippen molar-refractivity contribution in [3.05, 3.63) is 97.9 Å². The zero-order valence-electron chi connectivity index (χ0n) is 13.7. The van der Waals surface area contributed by atoms with Crippen LogP contribution in [0.15, 0.2) is 86.8 Å². The lowest BCUT2D eigenvalue weighted by molar-refractivity contribution is 0.708. The minimum atomic E-state index is 0.156. The Hall–Kier alpha value is -1.62. The van der Waals surface area contributed by atoms with Crippen molar-refractivity contribution in [2.45, 2.75) is 12.5 Å². The van der Waals surface area contributed by atoms with Crippen LogP contribution in [0.25, 0.3) is 0 Å². The Kier molecular flexibility index (Phi) is 5.16. The second-order valence-electron chi connectivity index (χ2n) is 6.15. The molecule has 0 radical (unpaired) electrons. The standard InChI is InChI=1S/C21H15Br2ClN2/c22-16-8-4-15(5-9-16)21-13-20(14-6-10-18(24)11-7-14)25-26(21)19-3-1-2-17(23)12-19/h1-12,21H,13H2. The molecule has 0 aliphatic carbocycles. The first-order valence-electron chi connectivity index (χ1n) is 8.24. The molecule has 130 valence electrons. The van der Waals surface area contributed by atoms with Crippen LogP contribution < -0.4 is 5.01 Å².